The van der Waals surface area contributed by atoms with E-state index in [1.807, 2.05) is 0 Å². The number of fused-ring (bicyclic) bond motifs is 2. The van der Waals surface area contributed by atoms with Crippen LogP contribution in [-0.2, 0) is 154 Å². The predicted octanol–water partition coefficient (Wildman–Crippen LogP) is -0.960. The van der Waals surface area contributed by atoms with Gasteiger partial charge in [-0.15, -0.1) is 0 Å². The zero-order valence-corrected chi connectivity index (χ0v) is 76.8. The molecule has 0 spiro atoms. The molecular formula is C62H84N20O33P6S6. The normalized spacial score (nSPS) is 29.3. The highest BCUT2D eigenvalue weighted by Gasteiger charge is 2.51. The molecular weight excluding hydrogens is 1930 g/mol. The van der Waals surface area contributed by atoms with E-state index in [0.29, 0.717) is 0 Å². The molecule has 8 aromatic rings. The number of imidazole rings is 2. The number of aliphatic hydroxyl groups is 1. The molecule has 6 saturated heterocycles. The number of nitrogen functional groups attached to an aromatic ring is 4. The van der Waals surface area contributed by atoms with Gasteiger partial charge in [0.05, 0.1) is 94.5 Å². The number of ether oxygens (including phenoxy) is 6. The Hall–Kier alpha value is -6.08. The molecule has 0 amide bonds. The summed E-state index contributed by atoms with van der Waals surface area (Å²) < 4.78 is 116. The molecule has 0 radical (unpaired) electrons. The van der Waals surface area contributed by atoms with Crippen molar-refractivity contribution in [2.45, 2.75) is 189 Å². The summed E-state index contributed by atoms with van der Waals surface area (Å²) in [6, 6.07) is 2.63. The molecule has 65 heteroatoms. The molecule has 0 saturated carbocycles. The van der Waals surface area contributed by atoms with Crippen molar-refractivity contribution in [3.63, 3.8) is 0 Å². The third-order valence-corrected chi connectivity index (χ3v) is 29.8. The molecule has 8 aromatic heterocycles. The number of rotatable bonds is 35. The number of nitrogens with one attached hydrogen (secondary N) is 4. The van der Waals surface area contributed by atoms with Crippen LogP contribution in [0.1, 0.15) is 108 Å². The molecule has 53 nitrogen and oxygen atoms in total. The number of anilines is 4. The summed E-state index contributed by atoms with van der Waals surface area (Å²) in [4.78, 5) is 208. The van der Waals surface area contributed by atoms with Gasteiger partial charge in [-0.05, 0) is 118 Å². The first-order valence-electron chi connectivity index (χ1n) is 37.8. The molecule has 0 bridgehead atoms. The minimum Gasteiger partial charge on any atom is -0.394 e. The number of aliphatic hydroxyl groups excluding tert-OH is 1. The minimum atomic E-state index is -4.74. The Bertz CT molecular complexity index is 6320. The number of aryl methyl sites for hydroxylation is 2. The van der Waals surface area contributed by atoms with Crippen LogP contribution in [0.25, 0.3) is 22.3 Å². The van der Waals surface area contributed by atoms with E-state index in [4.69, 9.17) is 176 Å². The molecule has 0 aliphatic carbocycles. The summed E-state index contributed by atoms with van der Waals surface area (Å²) in [6.45, 7) is -23.9. The number of aromatic amines is 4. The Balaban J connectivity index is 0.670. The van der Waals surface area contributed by atoms with Crippen LogP contribution < -0.4 is 67.9 Å². The van der Waals surface area contributed by atoms with Gasteiger partial charge in [0.1, 0.15) is 85.6 Å². The van der Waals surface area contributed by atoms with E-state index in [1.54, 1.807) is 20.8 Å². The highest BCUT2D eigenvalue weighted by atomic mass is 32.5. The maximum Gasteiger partial charge on any atom is 0.351 e. The van der Waals surface area contributed by atoms with Crippen LogP contribution >= 0.6 is 40.3 Å². The largest absolute Gasteiger partial charge is 0.394 e. The highest BCUT2D eigenvalue weighted by Crippen LogP contribution is 2.58. The Kier molecular flexibility index (Phi) is 29.4. The number of hydrogen-bond acceptors (Lipinski definition) is 43. The lowest BCUT2D eigenvalue weighted by atomic mass is 10.2. The monoisotopic (exact) mass is 2010 g/mol. The van der Waals surface area contributed by atoms with Crippen molar-refractivity contribution in [1.82, 2.24) is 77.2 Å². The summed E-state index contributed by atoms with van der Waals surface area (Å²) in [5.41, 5.74) is 15.7. The van der Waals surface area contributed by atoms with Crippen LogP contribution in [-0.4, -0.2) is 230 Å². The van der Waals surface area contributed by atoms with Crippen LogP contribution in [0, 0.1) is 13.8 Å². The predicted molar refractivity (Wildman–Crippen MR) is 460 cm³/mol. The van der Waals surface area contributed by atoms with Gasteiger partial charge >= 0.3 is 63.1 Å². The third kappa shape index (κ3) is 23.6. The fourth-order valence-electron chi connectivity index (χ4n) is 14.4. The summed E-state index contributed by atoms with van der Waals surface area (Å²) in [6.07, 6.45) is -18.1. The van der Waals surface area contributed by atoms with Gasteiger partial charge in [0.15, 0.2) is 22.3 Å². The van der Waals surface area contributed by atoms with Crippen molar-refractivity contribution < 1.29 is 117 Å². The van der Waals surface area contributed by atoms with E-state index in [0.717, 1.165) is 18.3 Å². The van der Waals surface area contributed by atoms with Crippen molar-refractivity contribution in [2.24, 2.45) is 0 Å². The van der Waals surface area contributed by atoms with Gasteiger partial charge in [-0.1, -0.05) is 0 Å². The van der Waals surface area contributed by atoms with Gasteiger partial charge in [-0.2, -0.15) is 19.9 Å². The third-order valence-electron chi connectivity index (χ3n) is 20.0. The average molecular weight is 2020 g/mol. The van der Waals surface area contributed by atoms with E-state index >= 15 is 0 Å². The number of aromatic nitrogens is 16. The van der Waals surface area contributed by atoms with Gasteiger partial charge in [-0.3, -0.25) is 66.5 Å². The standard InChI is InChI=1S/C62H84N20O33P6S6/c1-26-16-79(60(90)75-52(26)84)44-13-30(36(106-44)20-98-116(92,122)109-28-10-46(103-34(28)18-83)81-24-67-48-50(81)71-56(65)73-54(48)86)111-118(94,124)100-21-37-31(14-45(107-37)80-17-27(2)53(85)76-61(80)91)112-119(95,125)101-22-38-32(15-47(108-38)82-25-68-49-51(82)72-57(66)74-55(49)87)113-120(96,126)99-19-35-29(11-42(104-35)77-8-6-40(63)69-58(77)88)110-117(93,123)102-23-39-33(114-121(97,127)115-62(3,4)5)12-43(105-39)78-9-7-41(64)70-59(78)89/h6-9,16-17,24-25,28-39,42-47,83H,10-15,18-23H2,1-5H3,(H,92,122)(H,93,123)(H,94,124)(H,95,125)(H,96,126)(H,97,127)(H2,63,69,88)(H2,64,70,89)(H,75,84,90)(H,76,85,91)(H3,65,71,73,86)(H3,66,72,74,87)/t28?,29?,30?,31?,32?,33?,34-,35-,36-,37-,38-,39-,42-,43-,44-,45-,46-,47-,116?,117?,118?,119?,120?,121?/m1/s1. The summed E-state index contributed by atoms with van der Waals surface area (Å²) in [7, 11) is 0. The SMILES string of the molecule is Cc1cn([C@H]2CC(OP(O)(=S)OC[C@H]3O[C@@H](n4cnc5c(=O)[nH]c(N)nc54)CC3OP(O)(=S)OC[C@H]3O[C@@H](n4ccc(N)nc4=O)CC3OP(O)(=S)OC[C@H]3O[C@@H](n4ccc(N)nc4=O)CC3OP(O)(=S)OC(C)(C)C)[C@@H](COP(O)(=S)OC3C[C@H](n4cc(C)c(=O)[nH]c4=O)O[C@@H]3COP(O)(=S)OC3C[C@H](n4cnc5c(=O)[nH]c(N)nc54)O[C@@H]3CO)O2)c(=O)[nH]c1=O. The van der Waals surface area contributed by atoms with Gasteiger partial charge in [0, 0.05) is 74.4 Å². The smallest absolute Gasteiger partial charge is 0.351 e. The van der Waals surface area contributed by atoms with Gasteiger partial charge < -0.3 is 140 Å². The Morgan fingerprint density at radius 1 is 0.409 bits per heavy atom. The van der Waals surface area contributed by atoms with E-state index in [9.17, 15) is 72.8 Å². The fourth-order valence-corrected chi connectivity index (χ4v) is 24.1. The van der Waals surface area contributed by atoms with Crippen LogP contribution in [0.5, 0.6) is 0 Å². The maximum atomic E-state index is 13.5. The molecule has 19 N–H and O–H groups in total. The van der Waals surface area contributed by atoms with Crippen LogP contribution in [0.4, 0.5) is 23.5 Å². The van der Waals surface area contributed by atoms with Crippen molar-refractivity contribution in [2.75, 3.05) is 62.6 Å². The van der Waals surface area contributed by atoms with E-state index < -0.39 is 248 Å². The molecule has 24 atom stereocenters. The summed E-state index contributed by atoms with van der Waals surface area (Å²) in [5, 5.41) is 10.4. The van der Waals surface area contributed by atoms with E-state index in [2.05, 4.69) is 49.8 Å². The molecule has 127 heavy (non-hydrogen) atoms. The van der Waals surface area contributed by atoms with Gasteiger partial charge in [-0.25, -0.2) is 29.1 Å². The molecule has 6 aliphatic heterocycles. The number of nitrogens with zero attached hydrogens (tertiary/aromatic N) is 12. The first-order valence-corrected chi connectivity index (χ1v) is 53.4. The first-order chi connectivity index (χ1) is 59.5. The number of nitrogens with two attached hydrogens (primary N) is 4. The Morgan fingerprint density at radius 2 is 0.685 bits per heavy atom. The number of hydrogen-bond donors (Lipinski definition) is 15. The second-order valence-corrected chi connectivity index (χ2v) is 47.0. The summed E-state index contributed by atoms with van der Waals surface area (Å²) in [5.74, 6) is -0.787. The van der Waals surface area contributed by atoms with Crippen molar-refractivity contribution in [1.29, 1.82) is 0 Å². The molecule has 0 aromatic carbocycles. The molecule has 6 fully saturated rings. The average Bonchev–Trinajstić information content (AvgIpc) is 1.65. The van der Waals surface area contributed by atoms with Crippen LogP contribution in [0.15, 0.2) is 87.9 Å². The zero-order valence-electron chi connectivity index (χ0n) is 66.6. The van der Waals surface area contributed by atoms with E-state index in [-0.39, 0.29) is 89.1 Å². The van der Waals surface area contributed by atoms with Gasteiger partial charge in [0.2, 0.25) is 11.9 Å². The van der Waals surface area contributed by atoms with E-state index in [1.165, 1.54) is 72.6 Å². The minimum absolute atomic E-state index is 0.0309. The fraction of sp³-hybridized carbons (Fsp3) is 0.581. The molecule has 14 heterocycles. The molecule has 6 aliphatic rings. The lowest BCUT2D eigenvalue weighted by molar-refractivity contribution is -0.0577. The maximum absolute atomic E-state index is 13.5. The quantitative estimate of drug-likeness (QED) is 0.0213. The lowest BCUT2D eigenvalue weighted by Gasteiger charge is -2.29. The molecule has 696 valence electrons. The van der Waals surface area contributed by atoms with Crippen LogP contribution in [0.2, 0.25) is 0 Å². The lowest BCUT2D eigenvalue weighted by Crippen LogP contribution is -2.33. The Morgan fingerprint density at radius 3 is 0.976 bits per heavy atom. The highest BCUT2D eigenvalue weighted by molar-refractivity contribution is 8.08. The molecule has 12 unspecified atom stereocenters. The van der Waals surface area contributed by atoms with Crippen molar-refractivity contribution in [3.05, 3.63) is 144 Å². The van der Waals surface area contributed by atoms with Crippen molar-refractivity contribution >= 4 is 157 Å². The topological polar surface area (TPSA) is 718 Å². The Labute approximate surface area is 742 Å². The number of H-pyrrole nitrogens is 4. The summed E-state index contributed by atoms with van der Waals surface area (Å²) >= 11 is 33.2. The van der Waals surface area contributed by atoms with Crippen molar-refractivity contribution in [3.8, 4) is 0 Å². The van der Waals surface area contributed by atoms with Gasteiger partial charge in [0.25, 0.3) is 22.2 Å². The zero-order chi connectivity index (χ0) is 91.7. The second-order valence-electron chi connectivity index (χ2n) is 30.3. The molecule has 14 rings (SSSR count). The second kappa shape index (κ2) is 38.5. The first kappa shape index (κ1) is 97.0. The van der Waals surface area contributed by atoms with Crippen LogP contribution in [0.3, 0.4) is 0 Å².